The molecule has 0 amide bonds. The van der Waals surface area contributed by atoms with Gasteiger partial charge in [-0.05, 0) is 35.9 Å². The minimum Gasteiger partial charge on any atom is -0.495 e. The standard InChI is InChI=1S/C17H20FNO5S/c1-19(11-12-5-7-14(22-2)16(9-12)24-4)25(20,21)17-10-13(18)6-8-15(17)23-3/h5-10H,11H2,1-4H3. The van der Waals surface area contributed by atoms with Crippen molar-refractivity contribution in [1.29, 1.82) is 0 Å². The maximum atomic E-state index is 13.5. The van der Waals surface area contributed by atoms with Gasteiger partial charge < -0.3 is 14.2 Å². The molecular weight excluding hydrogens is 349 g/mol. The second-order valence-electron chi connectivity index (χ2n) is 5.25. The highest BCUT2D eigenvalue weighted by molar-refractivity contribution is 7.89. The van der Waals surface area contributed by atoms with Crippen molar-refractivity contribution in [2.24, 2.45) is 0 Å². The fourth-order valence-electron chi connectivity index (χ4n) is 2.34. The van der Waals surface area contributed by atoms with E-state index in [2.05, 4.69) is 0 Å². The summed E-state index contributed by atoms with van der Waals surface area (Å²) < 4.78 is 55.6. The molecular formula is C17H20FNO5S. The Hall–Kier alpha value is -2.32. The third-order valence-corrected chi connectivity index (χ3v) is 5.49. The summed E-state index contributed by atoms with van der Waals surface area (Å²) in [5, 5.41) is 0. The predicted molar refractivity (Wildman–Crippen MR) is 91.2 cm³/mol. The monoisotopic (exact) mass is 369 g/mol. The van der Waals surface area contributed by atoms with Crippen molar-refractivity contribution < 1.29 is 27.0 Å². The van der Waals surface area contributed by atoms with E-state index in [1.54, 1.807) is 18.2 Å². The van der Waals surface area contributed by atoms with Crippen molar-refractivity contribution in [2.45, 2.75) is 11.4 Å². The molecule has 2 rings (SSSR count). The summed E-state index contributed by atoms with van der Waals surface area (Å²) in [5.41, 5.74) is 0.694. The number of benzene rings is 2. The van der Waals surface area contributed by atoms with Crippen LogP contribution in [0.25, 0.3) is 0 Å². The van der Waals surface area contributed by atoms with Gasteiger partial charge in [0.1, 0.15) is 16.5 Å². The van der Waals surface area contributed by atoms with Crippen molar-refractivity contribution in [3.63, 3.8) is 0 Å². The van der Waals surface area contributed by atoms with E-state index in [9.17, 15) is 12.8 Å². The third kappa shape index (κ3) is 4.02. The number of nitrogens with zero attached hydrogens (tertiary/aromatic N) is 1. The molecule has 2 aromatic rings. The lowest BCUT2D eigenvalue weighted by molar-refractivity contribution is 0.354. The van der Waals surface area contributed by atoms with Crippen LogP contribution in [0.4, 0.5) is 4.39 Å². The van der Waals surface area contributed by atoms with Crippen LogP contribution in [-0.2, 0) is 16.6 Å². The van der Waals surface area contributed by atoms with Gasteiger partial charge in [-0.25, -0.2) is 12.8 Å². The summed E-state index contributed by atoms with van der Waals surface area (Å²) >= 11 is 0. The number of rotatable bonds is 7. The van der Waals surface area contributed by atoms with Crippen LogP contribution in [0.1, 0.15) is 5.56 Å². The van der Waals surface area contributed by atoms with Crippen molar-refractivity contribution >= 4 is 10.0 Å². The number of hydrogen-bond donors (Lipinski definition) is 0. The van der Waals surface area contributed by atoms with E-state index in [4.69, 9.17) is 14.2 Å². The molecule has 0 fully saturated rings. The first-order valence-corrected chi connectivity index (χ1v) is 8.78. The maximum Gasteiger partial charge on any atom is 0.246 e. The molecule has 0 aliphatic heterocycles. The van der Waals surface area contributed by atoms with E-state index in [-0.39, 0.29) is 17.2 Å². The van der Waals surface area contributed by atoms with Gasteiger partial charge in [-0.2, -0.15) is 4.31 Å². The Kier molecular flexibility index (Phi) is 5.86. The van der Waals surface area contributed by atoms with Crippen molar-refractivity contribution in [3.05, 3.63) is 47.8 Å². The molecule has 0 atom stereocenters. The molecule has 0 aliphatic rings. The Morgan fingerprint density at radius 2 is 1.52 bits per heavy atom. The molecule has 0 radical (unpaired) electrons. The van der Waals surface area contributed by atoms with Gasteiger partial charge in [0.15, 0.2) is 11.5 Å². The van der Waals surface area contributed by atoms with Gasteiger partial charge in [0.25, 0.3) is 0 Å². The Labute approximate surface area is 146 Å². The number of ether oxygens (including phenoxy) is 3. The zero-order valence-corrected chi connectivity index (χ0v) is 15.3. The minimum absolute atomic E-state index is 0.0718. The van der Waals surface area contributed by atoms with Gasteiger partial charge in [-0.3, -0.25) is 0 Å². The normalized spacial score (nSPS) is 11.4. The molecule has 25 heavy (non-hydrogen) atoms. The maximum absolute atomic E-state index is 13.5. The van der Waals surface area contributed by atoms with E-state index in [0.29, 0.717) is 17.1 Å². The lowest BCUT2D eigenvalue weighted by Crippen LogP contribution is -2.27. The van der Waals surface area contributed by atoms with Gasteiger partial charge >= 0.3 is 0 Å². The Morgan fingerprint density at radius 3 is 2.12 bits per heavy atom. The Morgan fingerprint density at radius 1 is 0.920 bits per heavy atom. The molecule has 8 heteroatoms. The number of halogens is 1. The highest BCUT2D eigenvalue weighted by atomic mass is 32.2. The fourth-order valence-corrected chi connectivity index (χ4v) is 3.66. The van der Waals surface area contributed by atoms with Crippen LogP contribution in [0.5, 0.6) is 17.2 Å². The van der Waals surface area contributed by atoms with E-state index in [1.165, 1.54) is 34.4 Å². The summed E-state index contributed by atoms with van der Waals surface area (Å²) in [6, 6.07) is 8.49. The second kappa shape index (κ2) is 7.71. The zero-order chi connectivity index (χ0) is 18.6. The summed E-state index contributed by atoms with van der Waals surface area (Å²) in [5.74, 6) is 0.470. The van der Waals surface area contributed by atoms with Gasteiger partial charge in [0.05, 0.1) is 21.3 Å². The zero-order valence-electron chi connectivity index (χ0n) is 14.4. The largest absolute Gasteiger partial charge is 0.495 e. The van der Waals surface area contributed by atoms with Gasteiger partial charge in [0.2, 0.25) is 10.0 Å². The summed E-state index contributed by atoms with van der Waals surface area (Å²) in [4.78, 5) is -0.224. The molecule has 0 unspecified atom stereocenters. The third-order valence-electron chi connectivity index (χ3n) is 3.67. The first-order chi connectivity index (χ1) is 11.8. The van der Waals surface area contributed by atoms with Crippen LogP contribution in [0.3, 0.4) is 0 Å². The van der Waals surface area contributed by atoms with Gasteiger partial charge in [-0.15, -0.1) is 0 Å². The average Bonchev–Trinajstić information content (AvgIpc) is 2.61. The van der Waals surface area contributed by atoms with Crippen LogP contribution in [0.2, 0.25) is 0 Å². The SMILES string of the molecule is COc1ccc(CN(C)S(=O)(=O)c2cc(F)ccc2OC)cc1OC. The molecule has 0 aliphatic carbocycles. The Bertz CT molecular complexity index is 854. The first kappa shape index (κ1) is 19.0. The molecule has 0 aromatic heterocycles. The molecule has 136 valence electrons. The Balaban J connectivity index is 2.34. The average molecular weight is 369 g/mol. The van der Waals surface area contributed by atoms with Gasteiger partial charge in [0, 0.05) is 13.6 Å². The number of methoxy groups -OCH3 is 3. The number of hydrogen-bond acceptors (Lipinski definition) is 5. The van der Waals surface area contributed by atoms with Crippen molar-refractivity contribution in [3.8, 4) is 17.2 Å². The summed E-state index contributed by atoms with van der Waals surface area (Å²) in [6.45, 7) is 0.0718. The van der Waals surface area contributed by atoms with Crippen molar-refractivity contribution in [2.75, 3.05) is 28.4 Å². The summed E-state index contributed by atoms with van der Waals surface area (Å²) in [6.07, 6.45) is 0. The van der Waals surface area contributed by atoms with Crippen LogP contribution >= 0.6 is 0 Å². The molecule has 6 nitrogen and oxygen atoms in total. The minimum atomic E-state index is -3.94. The molecule has 0 saturated carbocycles. The topological polar surface area (TPSA) is 65.1 Å². The highest BCUT2D eigenvalue weighted by Gasteiger charge is 2.26. The molecule has 0 heterocycles. The van der Waals surface area contributed by atoms with Crippen LogP contribution < -0.4 is 14.2 Å². The fraction of sp³-hybridized carbons (Fsp3) is 0.294. The van der Waals surface area contributed by atoms with Crippen LogP contribution in [0, 0.1) is 5.82 Å². The molecule has 0 bridgehead atoms. The van der Waals surface area contributed by atoms with E-state index in [0.717, 1.165) is 16.4 Å². The highest BCUT2D eigenvalue weighted by Crippen LogP contribution is 2.30. The molecule has 0 N–H and O–H groups in total. The van der Waals surface area contributed by atoms with E-state index < -0.39 is 15.8 Å². The molecule has 2 aromatic carbocycles. The first-order valence-electron chi connectivity index (χ1n) is 7.34. The summed E-state index contributed by atoms with van der Waals surface area (Å²) in [7, 11) is 1.82. The second-order valence-corrected chi connectivity index (χ2v) is 7.26. The van der Waals surface area contributed by atoms with Crippen LogP contribution in [0.15, 0.2) is 41.3 Å². The molecule has 0 spiro atoms. The lowest BCUT2D eigenvalue weighted by atomic mass is 10.2. The molecule has 0 saturated heterocycles. The van der Waals surface area contributed by atoms with Crippen molar-refractivity contribution in [1.82, 2.24) is 4.31 Å². The van der Waals surface area contributed by atoms with E-state index >= 15 is 0 Å². The predicted octanol–water partition coefficient (Wildman–Crippen LogP) is 2.67. The number of sulfonamides is 1. The smallest absolute Gasteiger partial charge is 0.246 e. The van der Waals surface area contributed by atoms with E-state index in [1.807, 2.05) is 0 Å². The quantitative estimate of drug-likeness (QED) is 0.751. The van der Waals surface area contributed by atoms with Crippen LogP contribution in [-0.4, -0.2) is 41.1 Å². The van der Waals surface area contributed by atoms with Gasteiger partial charge in [-0.1, -0.05) is 6.07 Å². The lowest BCUT2D eigenvalue weighted by Gasteiger charge is -2.19.